The van der Waals surface area contributed by atoms with E-state index in [1.54, 1.807) is 0 Å². The summed E-state index contributed by atoms with van der Waals surface area (Å²) in [6.07, 6.45) is 0. The molecular weight excluding hydrogens is 431 g/mol. The number of hydrogen-bond acceptors (Lipinski definition) is 4. The largest absolute Gasteiger partial charge is 0.538 e. The topological polar surface area (TPSA) is 42.5 Å². The minimum absolute atomic E-state index is 0.705. The lowest BCUT2D eigenvalue weighted by molar-refractivity contribution is 0.285. The number of rotatable bonds is 9. The van der Waals surface area contributed by atoms with Gasteiger partial charge in [0.15, 0.2) is 0 Å². The summed E-state index contributed by atoms with van der Waals surface area (Å²) in [6.45, 7) is 0. The number of benzene rings is 5. The van der Waals surface area contributed by atoms with Crippen molar-refractivity contribution in [2.75, 3.05) is 11.0 Å². The van der Waals surface area contributed by atoms with Gasteiger partial charge in [-0.25, -0.2) is 0 Å². The van der Waals surface area contributed by atoms with E-state index in [0.29, 0.717) is 0 Å². The lowest BCUT2D eigenvalue weighted by Crippen LogP contribution is -2.40. The molecule has 0 aliphatic carbocycles. The Balaban J connectivity index is 1.37. The number of nitrogens with one attached hydrogen (secondary N) is 2. The van der Waals surface area contributed by atoms with Crippen LogP contribution in [0.25, 0.3) is 22.3 Å². The first-order chi connectivity index (χ1) is 17.4. The molecule has 5 rings (SSSR count). The first-order valence-corrected chi connectivity index (χ1v) is 11.6. The Hall–Kier alpha value is -4.32. The Labute approximate surface area is 206 Å². The fourth-order valence-corrected chi connectivity index (χ4v) is 3.89. The van der Waals surface area contributed by atoms with Gasteiger partial charge in [-0.15, -0.1) is 0 Å². The highest BCUT2D eigenvalue weighted by Gasteiger charge is 2.24. The minimum Gasteiger partial charge on any atom is -0.294 e. The highest BCUT2D eigenvalue weighted by Crippen LogP contribution is 2.29. The van der Waals surface area contributed by atoms with Crippen LogP contribution in [0.4, 0.5) is 11.4 Å². The molecule has 2 N–H and O–H groups in total. The molecule has 4 nitrogen and oxygen atoms in total. The predicted octanol–water partition coefficient (Wildman–Crippen LogP) is 6.80. The van der Waals surface area contributed by atoms with Gasteiger partial charge in [-0.3, -0.25) is 20.5 Å². The summed E-state index contributed by atoms with van der Waals surface area (Å²) in [5.74, 6) is 0. The summed E-state index contributed by atoms with van der Waals surface area (Å²) in [4.78, 5) is 0. The number of hydrogen-bond donors (Lipinski definition) is 2. The fraction of sp³-hybridized carbons (Fsp3) is 0. The van der Waals surface area contributed by atoms with Crippen molar-refractivity contribution in [1.82, 2.24) is 0 Å². The van der Waals surface area contributed by atoms with Gasteiger partial charge in [0, 0.05) is 11.1 Å². The molecule has 0 aromatic heterocycles. The summed E-state index contributed by atoms with van der Waals surface area (Å²) in [7, 11) is -0.705. The van der Waals surface area contributed by atoms with Gasteiger partial charge < -0.3 is 0 Å². The van der Waals surface area contributed by atoms with E-state index in [1.165, 1.54) is 0 Å². The molecule has 0 aliphatic rings. The second kappa shape index (κ2) is 11.2. The van der Waals surface area contributed by atoms with Gasteiger partial charge in [0.25, 0.3) is 0 Å². The lowest BCUT2D eigenvalue weighted by atomic mass is 9.80. The van der Waals surface area contributed by atoms with Crippen LogP contribution in [0.1, 0.15) is 0 Å². The average molecular weight is 456 g/mol. The monoisotopic (exact) mass is 456 g/mol. The maximum Gasteiger partial charge on any atom is 0.538 e. The third-order valence-electron chi connectivity index (χ3n) is 5.65. The molecule has 35 heavy (non-hydrogen) atoms. The second-order valence-corrected chi connectivity index (χ2v) is 8.01. The van der Waals surface area contributed by atoms with E-state index in [2.05, 4.69) is 47.4 Å². The molecule has 0 unspecified atom stereocenters. The molecular formula is C30H25BN2O2. The fourth-order valence-electron chi connectivity index (χ4n) is 3.89. The highest BCUT2D eigenvalue weighted by atomic mass is 16.7. The van der Waals surface area contributed by atoms with E-state index in [4.69, 9.17) is 9.51 Å². The Morgan fingerprint density at radius 3 is 1.23 bits per heavy atom. The normalized spacial score (nSPS) is 10.5. The van der Waals surface area contributed by atoms with Gasteiger partial charge in [0.1, 0.15) is 0 Å². The summed E-state index contributed by atoms with van der Waals surface area (Å²) in [5.41, 5.74) is 13.1. The zero-order valence-electron chi connectivity index (χ0n) is 19.2. The summed E-state index contributed by atoms with van der Waals surface area (Å²) in [6, 6.07) is 46.4. The van der Waals surface area contributed by atoms with Gasteiger partial charge >= 0.3 is 7.12 Å². The Morgan fingerprint density at radius 1 is 0.400 bits per heavy atom. The maximum atomic E-state index is 6.11. The van der Waals surface area contributed by atoms with Crippen LogP contribution in [0.2, 0.25) is 0 Å². The van der Waals surface area contributed by atoms with Crippen molar-refractivity contribution in [2.24, 2.45) is 0 Å². The van der Waals surface area contributed by atoms with Crippen LogP contribution in [0.3, 0.4) is 0 Å². The van der Waals surface area contributed by atoms with E-state index in [9.17, 15) is 0 Å². The molecule has 0 amide bonds. The van der Waals surface area contributed by atoms with Crippen LogP contribution >= 0.6 is 0 Å². The molecule has 5 aromatic carbocycles. The molecule has 0 radical (unpaired) electrons. The maximum absolute atomic E-state index is 6.11. The lowest BCUT2D eigenvalue weighted by Gasteiger charge is -2.19. The van der Waals surface area contributed by atoms with Crippen molar-refractivity contribution in [3.63, 3.8) is 0 Å². The van der Waals surface area contributed by atoms with Gasteiger partial charge in [-0.05, 0) is 28.7 Å². The van der Waals surface area contributed by atoms with Crippen molar-refractivity contribution < 1.29 is 9.51 Å². The number of para-hydroxylation sites is 2. The molecule has 0 atom stereocenters. The SMILES string of the molecule is c1ccc(B(ONc2ccccc2-c2ccccc2)ONc2ccccc2-c2ccccc2)cc1. The van der Waals surface area contributed by atoms with Crippen LogP contribution in [-0.2, 0) is 9.51 Å². The molecule has 0 bridgehead atoms. The van der Waals surface area contributed by atoms with Gasteiger partial charge in [-0.1, -0.05) is 127 Å². The zero-order valence-corrected chi connectivity index (χ0v) is 19.2. The molecule has 5 heteroatoms. The van der Waals surface area contributed by atoms with E-state index in [0.717, 1.165) is 39.1 Å². The van der Waals surface area contributed by atoms with Crippen molar-refractivity contribution in [3.05, 3.63) is 140 Å². The predicted molar refractivity (Wildman–Crippen MR) is 145 cm³/mol. The summed E-state index contributed by atoms with van der Waals surface area (Å²) >= 11 is 0. The van der Waals surface area contributed by atoms with Crippen LogP contribution in [0, 0.1) is 0 Å². The Bertz CT molecular complexity index is 1260. The smallest absolute Gasteiger partial charge is 0.294 e. The van der Waals surface area contributed by atoms with Crippen molar-refractivity contribution >= 4 is 24.0 Å². The number of anilines is 2. The molecule has 0 fully saturated rings. The summed E-state index contributed by atoms with van der Waals surface area (Å²) in [5, 5.41) is 0. The zero-order chi connectivity index (χ0) is 23.7. The van der Waals surface area contributed by atoms with Gasteiger partial charge in [-0.2, -0.15) is 0 Å². The molecule has 0 saturated heterocycles. The van der Waals surface area contributed by atoms with Crippen LogP contribution in [0.5, 0.6) is 0 Å². The van der Waals surface area contributed by atoms with Crippen LogP contribution in [-0.4, -0.2) is 7.12 Å². The Morgan fingerprint density at radius 2 is 0.771 bits per heavy atom. The molecule has 0 aliphatic heterocycles. The second-order valence-electron chi connectivity index (χ2n) is 8.01. The van der Waals surface area contributed by atoms with E-state index < -0.39 is 7.12 Å². The quantitative estimate of drug-likeness (QED) is 0.189. The van der Waals surface area contributed by atoms with Crippen molar-refractivity contribution in [2.45, 2.75) is 0 Å². The highest BCUT2D eigenvalue weighted by molar-refractivity contribution is 6.61. The third-order valence-corrected chi connectivity index (χ3v) is 5.65. The molecule has 170 valence electrons. The van der Waals surface area contributed by atoms with Crippen molar-refractivity contribution in [1.29, 1.82) is 0 Å². The molecule has 0 saturated carbocycles. The first-order valence-electron chi connectivity index (χ1n) is 11.6. The van der Waals surface area contributed by atoms with E-state index in [-0.39, 0.29) is 0 Å². The average Bonchev–Trinajstić information content (AvgIpc) is 2.95. The van der Waals surface area contributed by atoms with Crippen LogP contribution in [0.15, 0.2) is 140 Å². The standard InChI is InChI=1S/C30H25BN2O2/c1-4-14-24(15-5-1)27-20-10-12-22-29(27)32-34-31(26-18-8-3-9-19-26)35-33-30-23-13-11-21-28(30)25-16-6-2-7-17-25/h1-23,32-33H. The molecule has 0 heterocycles. The van der Waals surface area contributed by atoms with E-state index in [1.807, 2.05) is 103 Å². The van der Waals surface area contributed by atoms with Gasteiger partial charge in [0.05, 0.1) is 11.4 Å². The minimum atomic E-state index is -0.705. The third kappa shape index (κ3) is 5.61. The van der Waals surface area contributed by atoms with Crippen molar-refractivity contribution in [3.8, 4) is 22.3 Å². The molecule has 5 aromatic rings. The van der Waals surface area contributed by atoms with Crippen LogP contribution < -0.4 is 16.4 Å². The summed E-state index contributed by atoms with van der Waals surface area (Å²) < 4.78 is 12.2. The molecule has 0 spiro atoms. The first kappa shape index (κ1) is 22.5. The van der Waals surface area contributed by atoms with Gasteiger partial charge in [0.2, 0.25) is 0 Å². The van der Waals surface area contributed by atoms with E-state index >= 15 is 0 Å². The Kier molecular flexibility index (Phi) is 7.20.